The quantitative estimate of drug-likeness (QED) is 0.576. The molecule has 27 heavy (non-hydrogen) atoms. The maximum Gasteiger partial charge on any atom is 0.231 e. The van der Waals surface area contributed by atoms with Gasteiger partial charge >= 0.3 is 0 Å². The number of benzene rings is 2. The molecule has 1 aliphatic rings. The molecule has 0 aliphatic carbocycles. The van der Waals surface area contributed by atoms with E-state index in [1.54, 1.807) is 14.2 Å². The molecule has 0 aromatic heterocycles. The van der Waals surface area contributed by atoms with Gasteiger partial charge in [0.2, 0.25) is 6.79 Å². The number of rotatable bonds is 7. The molecule has 0 unspecified atom stereocenters. The molecule has 0 amide bonds. The van der Waals surface area contributed by atoms with Crippen LogP contribution in [0.25, 0.3) is 0 Å². The van der Waals surface area contributed by atoms with Crippen molar-refractivity contribution in [3.05, 3.63) is 47.5 Å². The third-order valence-corrected chi connectivity index (χ3v) is 4.11. The van der Waals surface area contributed by atoms with Gasteiger partial charge in [-0.3, -0.25) is 0 Å². The van der Waals surface area contributed by atoms with Crippen LogP contribution >= 0.6 is 0 Å². The first-order valence-electron chi connectivity index (χ1n) is 8.85. The van der Waals surface area contributed by atoms with Crippen LogP contribution in [0.4, 0.5) is 0 Å². The van der Waals surface area contributed by atoms with E-state index in [2.05, 4.69) is 15.6 Å². The normalized spacial score (nSPS) is 12.6. The molecule has 7 nitrogen and oxygen atoms in total. The molecule has 7 heteroatoms. The number of methoxy groups -OCH3 is 2. The lowest BCUT2D eigenvalue weighted by molar-refractivity contribution is 0.174. The summed E-state index contributed by atoms with van der Waals surface area (Å²) >= 11 is 0. The van der Waals surface area contributed by atoms with Gasteiger partial charge in [0.15, 0.2) is 29.0 Å². The molecule has 0 spiro atoms. The minimum absolute atomic E-state index is 0.275. The highest BCUT2D eigenvalue weighted by Gasteiger charge is 2.13. The van der Waals surface area contributed by atoms with Gasteiger partial charge < -0.3 is 29.6 Å². The predicted octanol–water partition coefficient (Wildman–Crippen LogP) is 2.69. The Morgan fingerprint density at radius 3 is 2.52 bits per heavy atom. The smallest absolute Gasteiger partial charge is 0.231 e. The minimum Gasteiger partial charge on any atom is -0.493 e. The molecular formula is C20H25N3O4. The van der Waals surface area contributed by atoms with Crippen LogP contribution in [-0.2, 0) is 13.1 Å². The largest absolute Gasteiger partial charge is 0.493 e. The Labute approximate surface area is 159 Å². The Morgan fingerprint density at radius 1 is 0.963 bits per heavy atom. The number of aliphatic imine (C=N–C) groups is 1. The fourth-order valence-electron chi connectivity index (χ4n) is 2.73. The Bertz CT molecular complexity index is 808. The van der Waals surface area contributed by atoms with E-state index in [1.807, 2.05) is 43.3 Å². The molecule has 0 bridgehead atoms. The van der Waals surface area contributed by atoms with Crippen molar-refractivity contribution in [2.45, 2.75) is 20.0 Å². The second-order valence-corrected chi connectivity index (χ2v) is 5.93. The first-order chi connectivity index (χ1) is 13.2. The van der Waals surface area contributed by atoms with Crippen molar-refractivity contribution in [3.8, 4) is 23.0 Å². The average Bonchev–Trinajstić information content (AvgIpc) is 3.17. The minimum atomic E-state index is 0.275. The molecular weight excluding hydrogens is 346 g/mol. The Hall–Kier alpha value is -3.09. The van der Waals surface area contributed by atoms with Crippen LogP contribution in [0.5, 0.6) is 23.0 Å². The third kappa shape index (κ3) is 4.75. The molecule has 0 saturated carbocycles. The van der Waals surface area contributed by atoms with Gasteiger partial charge in [-0.05, 0) is 42.3 Å². The summed E-state index contributed by atoms with van der Waals surface area (Å²) in [7, 11) is 3.26. The van der Waals surface area contributed by atoms with E-state index in [0.29, 0.717) is 24.6 Å². The van der Waals surface area contributed by atoms with Crippen LogP contribution in [0.15, 0.2) is 41.4 Å². The number of fused-ring (bicyclic) bond motifs is 1. The predicted molar refractivity (Wildman–Crippen MR) is 104 cm³/mol. The molecule has 0 radical (unpaired) electrons. The van der Waals surface area contributed by atoms with E-state index in [4.69, 9.17) is 18.9 Å². The van der Waals surface area contributed by atoms with Gasteiger partial charge in [0.05, 0.1) is 20.8 Å². The van der Waals surface area contributed by atoms with Gasteiger partial charge in [-0.15, -0.1) is 0 Å². The van der Waals surface area contributed by atoms with E-state index < -0.39 is 0 Å². The van der Waals surface area contributed by atoms with Crippen LogP contribution < -0.4 is 29.6 Å². The molecule has 0 saturated heterocycles. The molecule has 0 fully saturated rings. The molecule has 3 rings (SSSR count). The summed E-state index contributed by atoms with van der Waals surface area (Å²) in [4.78, 5) is 4.64. The average molecular weight is 371 g/mol. The summed E-state index contributed by atoms with van der Waals surface area (Å²) in [5.41, 5.74) is 2.13. The van der Waals surface area contributed by atoms with Gasteiger partial charge in [0.1, 0.15) is 0 Å². The third-order valence-electron chi connectivity index (χ3n) is 4.11. The molecule has 2 aromatic rings. The van der Waals surface area contributed by atoms with Gasteiger partial charge in [-0.2, -0.15) is 0 Å². The highest BCUT2D eigenvalue weighted by Crippen LogP contribution is 2.32. The molecule has 2 N–H and O–H groups in total. The number of guanidine groups is 1. The van der Waals surface area contributed by atoms with Crippen LogP contribution in [0, 0.1) is 0 Å². The van der Waals surface area contributed by atoms with Gasteiger partial charge in [0, 0.05) is 13.1 Å². The van der Waals surface area contributed by atoms with Crippen LogP contribution in [0.3, 0.4) is 0 Å². The van der Waals surface area contributed by atoms with E-state index >= 15 is 0 Å². The first-order valence-corrected chi connectivity index (χ1v) is 8.85. The molecule has 0 atom stereocenters. The summed E-state index contributed by atoms with van der Waals surface area (Å²) < 4.78 is 21.4. The summed E-state index contributed by atoms with van der Waals surface area (Å²) in [5, 5.41) is 6.59. The summed E-state index contributed by atoms with van der Waals surface area (Å²) in [6, 6.07) is 11.7. The number of nitrogens with one attached hydrogen (secondary N) is 2. The van der Waals surface area contributed by atoms with Gasteiger partial charge in [-0.25, -0.2) is 4.99 Å². The molecule has 1 heterocycles. The molecule has 2 aromatic carbocycles. The number of nitrogens with zero attached hydrogens (tertiary/aromatic N) is 1. The number of hydrogen-bond acceptors (Lipinski definition) is 5. The van der Waals surface area contributed by atoms with E-state index in [0.717, 1.165) is 35.1 Å². The zero-order valence-corrected chi connectivity index (χ0v) is 15.9. The van der Waals surface area contributed by atoms with Crippen molar-refractivity contribution in [2.75, 3.05) is 27.6 Å². The van der Waals surface area contributed by atoms with Crippen molar-refractivity contribution in [1.29, 1.82) is 0 Å². The number of hydrogen-bond donors (Lipinski definition) is 2. The lowest BCUT2D eigenvalue weighted by Gasteiger charge is -2.13. The maximum absolute atomic E-state index is 5.42. The Kier molecular flexibility index (Phi) is 6.25. The lowest BCUT2D eigenvalue weighted by Crippen LogP contribution is -2.36. The SMILES string of the molecule is CCNC(=NCc1ccc2c(c1)OCO2)NCc1ccc(OC)c(OC)c1. The molecule has 144 valence electrons. The van der Waals surface area contributed by atoms with Crippen LogP contribution in [0.2, 0.25) is 0 Å². The van der Waals surface area contributed by atoms with Crippen molar-refractivity contribution < 1.29 is 18.9 Å². The molecule has 1 aliphatic heterocycles. The summed E-state index contributed by atoms with van der Waals surface area (Å²) in [6.45, 7) is 4.25. The van der Waals surface area contributed by atoms with Crippen molar-refractivity contribution in [2.24, 2.45) is 4.99 Å². The van der Waals surface area contributed by atoms with E-state index in [-0.39, 0.29) is 6.79 Å². The lowest BCUT2D eigenvalue weighted by atomic mass is 10.2. The first kappa shape index (κ1) is 18.7. The standard InChI is InChI=1S/C20H25N3O4/c1-4-21-20(22-11-14-5-7-16(24-2)18(9-14)25-3)23-12-15-6-8-17-19(10-15)27-13-26-17/h5-10H,4,11-13H2,1-3H3,(H2,21,22,23). The Morgan fingerprint density at radius 2 is 1.74 bits per heavy atom. The highest BCUT2D eigenvalue weighted by molar-refractivity contribution is 5.79. The van der Waals surface area contributed by atoms with Crippen LogP contribution in [0.1, 0.15) is 18.1 Å². The fraction of sp³-hybridized carbons (Fsp3) is 0.350. The zero-order valence-electron chi connectivity index (χ0n) is 15.9. The maximum atomic E-state index is 5.42. The fourth-order valence-corrected chi connectivity index (χ4v) is 2.73. The van der Waals surface area contributed by atoms with E-state index in [1.165, 1.54) is 0 Å². The van der Waals surface area contributed by atoms with Crippen molar-refractivity contribution in [1.82, 2.24) is 10.6 Å². The van der Waals surface area contributed by atoms with Crippen molar-refractivity contribution >= 4 is 5.96 Å². The summed E-state index contributed by atoms with van der Waals surface area (Å²) in [5.74, 6) is 3.71. The van der Waals surface area contributed by atoms with Crippen molar-refractivity contribution in [3.63, 3.8) is 0 Å². The zero-order chi connectivity index (χ0) is 19.1. The number of ether oxygens (including phenoxy) is 4. The van der Waals surface area contributed by atoms with Gasteiger partial charge in [0.25, 0.3) is 0 Å². The van der Waals surface area contributed by atoms with E-state index in [9.17, 15) is 0 Å². The second-order valence-electron chi connectivity index (χ2n) is 5.93. The van der Waals surface area contributed by atoms with Gasteiger partial charge in [-0.1, -0.05) is 12.1 Å². The topological polar surface area (TPSA) is 73.3 Å². The highest BCUT2D eigenvalue weighted by atomic mass is 16.7. The second kappa shape index (κ2) is 9.02. The van der Waals surface area contributed by atoms with Crippen LogP contribution in [-0.4, -0.2) is 33.5 Å². The Balaban J connectivity index is 1.64. The summed E-state index contributed by atoms with van der Waals surface area (Å²) in [6.07, 6.45) is 0. The monoisotopic (exact) mass is 371 g/mol.